The Balaban J connectivity index is 1.74. The van der Waals surface area contributed by atoms with Gasteiger partial charge in [-0.2, -0.15) is 0 Å². The fourth-order valence-corrected chi connectivity index (χ4v) is 3.30. The Morgan fingerprint density at radius 2 is 2.26 bits per heavy atom. The molecule has 0 fully saturated rings. The summed E-state index contributed by atoms with van der Waals surface area (Å²) >= 11 is 1.54. The number of rotatable bonds is 11. The molecule has 5 nitrogen and oxygen atoms in total. The van der Waals surface area contributed by atoms with Gasteiger partial charge >= 0.3 is 5.97 Å². The molecule has 0 saturated heterocycles. The van der Waals surface area contributed by atoms with E-state index < -0.39 is 6.10 Å². The second kappa shape index (κ2) is 11.5. The molecule has 2 rings (SSSR count). The molecule has 0 radical (unpaired) electrons. The second-order valence-corrected chi connectivity index (χ2v) is 7.10. The van der Waals surface area contributed by atoms with Crippen molar-refractivity contribution in [2.75, 3.05) is 13.7 Å². The summed E-state index contributed by atoms with van der Waals surface area (Å²) < 4.78 is 10.1. The maximum absolute atomic E-state index is 12.0. The molecule has 1 N–H and O–H groups in total. The van der Waals surface area contributed by atoms with Gasteiger partial charge in [0.1, 0.15) is 12.4 Å². The van der Waals surface area contributed by atoms with E-state index in [0.717, 1.165) is 30.6 Å². The van der Waals surface area contributed by atoms with Crippen molar-refractivity contribution in [2.45, 2.75) is 38.2 Å². The zero-order valence-electron chi connectivity index (χ0n) is 15.5. The van der Waals surface area contributed by atoms with Gasteiger partial charge in [0.15, 0.2) is 5.78 Å². The molecular formula is C21H26O5S. The first-order valence-electron chi connectivity index (χ1n) is 9.07. The molecular weight excluding hydrogens is 364 g/mol. The number of aliphatic hydroxyl groups is 1. The molecule has 0 aliphatic heterocycles. The largest absolute Gasteiger partial charge is 0.490 e. The molecule has 1 aliphatic rings. The van der Waals surface area contributed by atoms with Crippen molar-refractivity contribution in [2.24, 2.45) is 5.92 Å². The maximum Gasteiger partial charge on any atom is 0.305 e. The first kappa shape index (κ1) is 21.1. The van der Waals surface area contributed by atoms with E-state index in [-0.39, 0.29) is 24.3 Å². The lowest BCUT2D eigenvalue weighted by Gasteiger charge is -2.11. The van der Waals surface area contributed by atoms with Crippen LogP contribution in [0.1, 0.15) is 32.1 Å². The smallest absolute Gasteiger partial charge is 0.305 e. The van der Waals surface area contributed by atoms with Gasteiger partial charge in [0, 0.05) is 23.3 Å². The molecule has 1 aromatic rings. The average molecular weight is 391 g/mol. The number of carbonyl (C=O) groups excluding carboxylic acids is 2. The molecule has 2 atom stereocenters. The van der Waals surface area contributed by atoms with Crippen LogP contribution in [0.25, 0.3) is 0 Å². The van der Waals surface area contributed by atoms with Crippen LogP contribution < -0.4 is 4.74 Å². The fourth-order valence-electron chi connectivity index (χ4n) is 2.73. The molecule has 1 aromatic heterocycles. The van der Waals surface area contributed by atoms with E-state index in [1.54, 1.807) is 6.08 Å². The summed E-state index contributed by atoms with van der Waals surface area (Å²) in [7, 11) is 1.39. The lowest BCUT2D eigenvalue weighted by molar-refractivity contribution is -0.140. The van der Waals surface area contributed by atoms with Gasteiger partial charge in [-0.1, -0.05) is 24.3 Å². The second-order valence-electron chi connectivity index (χ2n) is 6.32. The lowest BCUT2D eigenvalue weighted by Crippen LogP contribution is -2.17. The van der Waals surface area contributed by atoms with Gasteiger partial charge in [-0.05, 0) is 43.2 Å². The van der Waals surface area contributed by atoms with Crippen LogP contribution >= 0.6 is 11.3 Å². The normalized spacial score (nSPS) is 19.1. The van der Waals surface area contributed by atoms with Crippen LogP contribution in [0.2, 0.25) is 0 Å². The van der Waals surface area contributed by atoms with Gasteiger partial charge in [0.25, 0.3) is 0 Å². The molecule has 0 spiro atoms. The average Bonchev–Trinajstić information content (AvgIpc) is 3.31. The summed E-state index contributed by atoms with van der Waals surface area (Å²) in [4.78, 5) is 23.1. The zero-order valence-corrected chi connectivity index (χ0v) is 16.3. The molecule has 1 heterocycles. The molecule has 2 unspecified atom stereocenters. The number of allylic oxidation sites excluding steroid dienone is 5. The third kappa shape index (κ3) is 7.53. The summed E-state index contributed by atoms with van der Waals surface area (Å²) in [6.45, 7) is 0.201. The van der Waals surface area contributed by atoms with E-state index in [2.05, 4.69) is 4.74 Å². The third-order valence-electron chi connectivity index (χ3n) is 4.25. The number of aliphatic hydroxyl groups excluding tert-OH is 1. The van der Waals surface area contributed by atoms with Crippen LogP contribution in [0.15, 0.2) is 52.8 Å². The maximum atomic E-state index is 12.0. The first-order valence-corrected chi connectivity index (χ1v) is 10.0. The molecule has 0 bridgehead atoms. The van der Waals surface area contributed by atoms with Crippen LogP contribution in [0, 0.1) is 5.92 Å². The standard InChI is InChI=1S/C21H26O5S/c1-25-21(24)7-5-3-2-4-6-16-8-11-20(23)19(16)10-9-17(22)14-26-18-12-13-27-15-18/h2,4,8,10-13,15-17,22H,3,5-7,9,14H2,1H3. The van der Waals surface area contributed by atoms with Crippen molar-refractivity contribution in [1.82, 2.24) is 0 Å². The topological polar surface area (TPSA) is 72.8 Å². The van der Waals surface area contributed by atoms with Crippen LogP contribution in [0.5, 0.6) is 5.75 Å². The number of hydrogen-bond donors (Lipinski definition) is 1. The van der Waals surface area contributed by atoms with E-state index >= 15 is 0 Å². The quantitative estimate of drug-likeness (QED) is 0.269. The van der Waals surface area contributed by atoms with E-state index in [1.165, 1.54) is 18.4 Å². The predicted molar refractivity (Wildman–Crippen MR) is 106 cm³/mol. The monoisotopic (exact) mass is 390 g/mol. The Bertz CT molecular complexity index is 687. The third-order valence-corrected chi connectivity index (χ3v) is 4.91. The summed E-state index contributed by atoms with van der Waals surface area (Å²) in [5.74, 6) is 0.601. The number of methoxy groups -OCH3 is 1. The summed E-state index contributed by atoms with van der Waals surface area (Å²) in [5, 5.41) is 13.9. The van der Waals surface area contributed by atoms with E-state index in [1.807, 2.05) is 41.1 Å². The number of hydrogen-bond acceptors (Lipinski definition) is 6. The molecule has 27 heavy (non-hydrogen) atoms. The molecule has 6 heteroatoms. The summed E-state index contributed by atoms with van der Waals surface area (Å²) in [6.07, 6.45) is 11.8. The number of ketones is 1. The fraction of sp³-hybridized carbons (Fsp3) is 0.429. The van der Waals surface area contributed by atoms with Crippen molar-refractivity contribution in [3.8, 4) is 5.75 Å². The first-order chi connectivity index (χ1) is 13.1. The molecule has 146 valence electrons. The van der Waals surface area contributed by atoms with Crippen LogP contribution in [-0.2, 0) is 14.3 Å². The van der Waals surface area contributed by atoms with Crippen LogP contribution in [0.3, 0.4) is 0 Å². The Hall–Kier alpha value is -2.18. The SMILES string of the molecule is COC(=O)CCCC=CCC1C=CC(=O)C1=CCC(O)COc1ccsc1. The molecule has 1 aliphatic carbocycles. The van der Waals surface area contributed by atoms with Crippen LogP contribution in [0.4, 0.5) is 0 Å². The van der Waals surface area contributed by atoms with Crippen molar-refractivity contribution < 1.29 is 24.2 Å². The lowest BCUT2D eigenvalue weighted by atomic mass is 9.96. The highest BCUT2D eigenvalue weighted by atomic mass is 32.1. The van der Waals surface area contributed by atoms with Gasteiger partial charge in [-0.3, -0.25) is 9.59 Å². The summed E-state index contributed by atoms with van der Waals surface area (Å²) in [5.41, 5.74) is 0.726. The number of thiophene rings is 1. The molecule has 0 amide bonds. The molecule has 0 aromatic carbocycles. The highest BCUT2D eigenvalue weighted by Gasteiger charge is 2.22. The minimum atomic E-state index is -0.652. The van der Waals surface area contributed by atoms with E-state index in [9.17, 15) is 14.7 Å². The van der Waals surface area contributed by atoms with Crippen molar-refractivity contribution in [3.05, 3.63) is 52.8 Å². The minimum Gasteiger partial charge on any atom is -0.490 e. The highest BCUT2D eigenvalue weighted by Crippen LogP contribution is 2.26. The minimum absolute atomic E-state index is 0.00467. The zero-order chi connectivity index (χ0) is 19.5. The van der Waals surface area contributed by atoms with Gasteiger partial charge in [-0.25, -0.2) is 0 Å². The Morgan fingerprint density at radius 3 is 3.00 bits per heavy atom. The summed E-state index contributed by atoms with van der Waals surface area (Å²) in [6, 6.07) is 1.85. The molecule has 0 saturated carbocycles. The number of unbranched alkanes of at least 4 members (excludes halogenated alkanes) is 1. The van der Waals surface area contributed by atoms with Gasteiger partial charge in [0.05, 0.1) is 13.2 Å². The van der Waals surface area contributed by atoms with Gasteiger partial charge in [0.2, 0.25) is 0 Å². The van der Waals surface area contributed by atoms with E-state index in [0.29, 0.717) is 12.8 Å². The van der Waals surface area contributed by atoms with Gasteiger partial charge < -0.3 is 14.6 Å². The number of ether oxygens (including phenoxy) is 2. The Kier molecular flexibility index (Phi) is 9.01. The number of carbonyl (C=O) groups is 2. The van der Waals surface area contributed by atoms with Crippen molar-refractivity contribution in [1.29, 1.82) is 0 Å². The van der Waals surface area contributed by atoms with Gasteiger partial charge in [-0.15, -0.1) is 11.3 Å². The van der Waals surface area contributed by atoms with Crippen molar-refractivity contribution >= 4 is 23.1 Å². The number of esters is 1. The Morgan fingerprint density at radius 1 is 1.41 bits per heavy atom. The van der Waals surface area contributed by atoms with Crippen LogP contribution in [-0.4, -0.2) is 36.7 Å². The van der Waals surface area contributed by atoms with E-state index in [4.69, 9.17) is 4.74 Å². The predicted octanol–water partition coefficient (Wildman–Crippen LogP) is 3.85. The van der Waals surface area contributed by atoms with Crippen molar-refractivity contribution in [3.63, 3.8) is 0 Å². The highest BCUT2D eigenvalue weighted by molar-refractivity contribution is 7.08. The Labute approximate surface area is 164 Å².